The van der Waals surface area contributed by atoms with Crippen molar-refractivity contribution in [2.45, 2.75) is 31.3 Å². The van der Waals surface area contributed by atoms with Crippen LogP contribution in [0.25, 0.3) is 0 Å². The van der Waals surface area contributed by atoms with Crippen molar-refractivity contribution in [3.8, 4) is 0 Å². The van der Waals surface area contributed by atoms with Crippen LogP contribution in [0.5, 0.6) is 0 Å². The van der Waals surface area contributed by atoms with E-state index < -0.39 is 0 Å². The molecule has 0 spiro atoms. The molecule has 1 saturated heterocycles. The number of primary amides is 1. The molecule has 8 heteroatoms. The minimum atomic E-state index is -0.246. The van der Waals surface area contributed by atoms with Crippen LogP contribution in [-0.4, -0.2) is 59.3 Å². The number of aromatic nitrogens is 2. The van der Waals surface area contributed by atoms with Crippen LogP contribution in [0.2, 0.25) is 0 Å². The van der Waals surface area contributed by atoms with Crippen molar-refractivity contribution < 1.29 is 4.79 Å². The highest BCUT2D eigenvalue weighted by Crippen LogP contribution is 2.22. The van der Waals surface area contributed by atoms with E-state index in [0.717, 1.165) is 62.3 Å². The van der Waals surface area contributed by atoms with Gasteiger partial charge in [0.05, 0.1) is 0 Å². The van der Waals surface area contributed by atoms with Gasteiger partial charge >= 0.3 is 0 Å². The average Bonchev–Trinajstić information content (AvgIpc) is 2.53. The molecule has 1 aromatic rings. The molecule has 0 aromatic carbocycles. The van der Waals surface area contributed by atoms with Gasteiger partial charge in [-0.15, -0.1) is 0 Å². The van der Waals surface area contributed by atoms with E-state index in [1.165, 1.54) is 0 Å². The molecule has 1 amide bonds. The average molecular weight is 338 g/mol. The van der Waals surface area contributed by atoms with Gasteiger partial charge in [-0.2, -0.15) is 0 Å². The maximum Gasteiger partial charge on any atom is 0.218 e. The maximum absolute atomic E-state index is 10.9. The van der Waals surface area contributed by atoms with Gasteiger partial charge in [-0.05, 0) is 6.42 Å². The number of hydrogen-bond acceptors (Lipinski definition) is 7. The first-order valence-corrected chi connectivity index (χ1v) is 9.10. The highest BCUT2D eigenvalue weighted by Gasteiger charge is 2.19. The van der Waals surface area contributed by atoms with Gasteiger partial charge in [-0.25, -0.2) is 9.97 Å². The summed E-state index contributed by atoms with van der Waals surface area (Å²) in [7, 11) is 0. The molecule has 0 radical (unpaired) electrons. The molecule has 0 unspecified atom stereocenters. The van der Waals surface area contributed by atoms with Gasteiger partial charge in [-0.3, -0.25) is 9.69 Å². The molecule has 1 fully saturated rings. The van der Waals surface area contributed by atoms with Gasteiger partial charge in [0, 0.05) is 51.0 Å². The Kier molecular flexibility index (Phi) is 6.91. The van der Waals surface area contributed by atoms with Crippen LogP contribution in [0.3, 0.4) is 0 Å². The van der Waals surface area contributed by atoms with Crippen molar-refractivity contribution >= 4 is 29.3 Å². The second-order valence-corrected chi connectivity index (χ2v) is 6.74. The summed E-state index contributed by atoms with van der Waals surface area (Å²) in [4.78, 5) is 24.3. The van der Waals surface area contributed by atoms with Gasteiger partial charge in [0.2, 0.25) is 5.91 Å². The van der Waals surface area contributed by atoms with E-state index in [2.05, 4.69) is 26.7 Å². The number of piperazine rings is 1. The molecule has 0 aliphatic carbocycles. The first-order valence-electron chi connectivity index (χ1n) is 8.11. The standard InChI is InChI=1S/C15H26N6OS/c1-2-3-10-23-15-18-12(16)11-14(19-15)21-8-6-20(7-9-21)5-4-13(17)22/h11H,2-10H2,1H3,(H2,17,22)(H2,16,18,19). The third kappa shape index (κ3) is 5.87. The zero-order valence-electron chi connectivity index (χ0n) is 13.7. The third-order valence-corrected chi connectivity index (χ3v) is 4.75. The summed E-state index contributed by atoms with van der Waals surface area (Å²) in [5.41, 5.74) is 11.1. The number of hydrogen-bond donors (Lipinski definition) is 2. The van der Waals surface area contributed by atoms with Crippen LogP contribution in [0.1, 0.15) is 26.2 Å². The fourth-order valence-electron chi connectivity index (χ4n) is 2.43. The molecular formula is C15H26N6OS. The van der Waals surface area contributed by atoms with Crippen molar-refractivity contribution in [3.63, 3.8) is 0 Å². The van der Waals surface area contributed by atoms with Crippen molar-refractivity contribution in [3.05, 3.63) is 6.07 Å². The van der Waals surface area contributed by atoms with Crippen LogP contribution >= 0.6 is 11.8 Å². The molecule has 0 saturated carbocycles. The summed E-state index contributed by atoms with van der Waals surface area (Å²) in [5.74, 6) is 2.18. The topological polar surface area (TPSA) is 101 Å². The number of unbranched alkanes of at least 4 members (excludes halogenated alkanes) is 1. The normalized spacial score (nSPS) is 15.8. The number of rotatable bonds is 8. The van der Waals surface area contributed by atoms with E-state index in [4.69, 9.17) is 11.5 Å². The second kappa shape index (κ2) is 8.93. The Bertz CT molecular complexity index is 519. The SMILES string of the molecule is CCCCSc1nc(N)cc(N2CCN(CCC(N)=O)CC2)n1. The van der Waals surface area contributed by atoms with E-state index in [9.17, 15) is 4.79 Å². The van der Waals surface area contributed by atoms with E-state index >= 15 is 0 Å². The van der Waals surface area contributed by atoms with Crippen LogP contribution in [0.4, 0.5) is 11.6 Å². The monoisotopic (exact) mass is 338 g/mol. The Labute approximate surface area is 141 Å². The summed E-state index contributed by atoms with van der Waals surface area (Å²) in [6.45, 7) is 6.44. The van der Waals surface area contributed by atoms with Crippen LogP contribution < -0.4 is 16.4 Å². The molecule has 1 aliphatic rings. The molecule has 2 rings (SSSR count). The van der Waals surface area contributed by atoms with Gasteiger partial charge in [0.1, 0.15) is 11.6 Å². The Morgan fingerprint density at radius 2 is 2.04 bits per heavy atom. The lowest BCUT2D eigenvalue weighted by Gasteiger charge is -2.35. The lowest BCUT2D eigenvalue weighted by atomic mass is 10.3. The van der Waals surface area contributed by atoms with Gasteiger partial charge in [-0.1, -0.05) is 25.1 Å². The maximum atomic E-state index is 10.9. The number of amides is 1. The molecule has 128 valence electrons. The molecule has 0 bridgehead atoms. The van der Waals surface area contributed by atoms with Crippen LogP contribution in [-0.2, 0) is 4.79 Å². The molecule has 4 N–H and O–H groups in total. The molecular weight excluding hydrogens is 312 g/mol. The van der Waals surface area contributed by atoms with E-state index in [1.807, 2.05) is 6.07 Å². The Balaban J connectivity index is 1.90. The van der Waals surface area contributed by atoms with Gasteiger partial charge in [0.15, 0.2) is 5.16 Å². The van der Waals surface area contributed by atoms with Crippen molar-refractivity contribution in [1.82, 2.24) is 14.9 Å². The van der Waals surface area contributed by atoms with E-state index in [1.54, 1.807) is 11.8 Å². The van der Waals surface area contributed by atoms with E-state index in [0.29, 0.717) is 12.2 Å². The van der Waals surface area contributed by atoms with Gasteiger partial charge in [0.25, 0.3) is 0 Å². The number of carbonyl (C=O) groups is 1. The number of nitrogens with two attached hydrogens (primary N) is 2. The Morgan fingerprint density at radius 3 is 2.70 bits per heavy atom. The van der Waals surface area contributed by atoms with Crippen LogP contribution in [0.15, 0.2) is 11.2 Å². The summed E-state index contributed by atoms with van der Waals surface area (Å²) in [5, 5.41) is 0.754. The largest absolute Gasteiger partial charge is 0.383 e. The third-order valence-electron chi connectivity index (χ3n) is 3.81. The fourth-order valence-corrected chi connectivity index (χ4v) is 3.38. The zero-order valence-corrected chi connectivity index (χ0v) is 14.5. The number of nitrogen functional groups attached to an aromatic ring is 1. The first-order chi connectivity index (χ1) is 11.1. The highest BCUT2D eigenvalue weighted by molar-refractivity contribution is 7.99. The van der Waals surface area contributed by atoms with Crippen molar-refractivity contribution in [2.24, 2.45) is 5.73 Å². The highest BCUT2D eigenvalue weighted by atomic mass is 32.2. The Hall–Kier alpha value is -1.54. The Morgan fingerprint density at radius 1 is 1.30 bits per heavy atom. The molecule has 7 nitrogen and oxygen atoms in total. The number of anilines is 2. The minimum absolute atomic E-state index is 0.246. The first kappa shape index (κ1) is 17.8. The van der Waals surface area contributed by atoms with Gasteiger partial charge < -0.3 is 16.4 Å². The van der Waals surface area contributed by atoms with E-state index in [-0.39, 0.29) is 5.91 Å². The quantitative estimate of drug-likeness (QED) is 0.413. The summed E-state index contributed by atoms with van der Waals surface area (Å²) >= 11 is 1.66. The lowest BCUT2D eigenvalue weighted by Crippen LogP contribution is -2.47. The number of thioether (sulfide) groups is 1. The molecule has 1 aliphatic heterocycles. The summed E-state index contributed by atoms with van der Waals surface area (Å²) in [6.07, 6.45) is 2.73. The second-order valence-electron chi connectivity index (χ2n) is 5.68. The number of nitrogens with zero attached hydrogens (tertiary/aromatic N) is 4. The zero-order chi connectivity index (χ0) is 16.7. The lowest BCUT2D eigenvalue weighted by molar-refractivity contribution is -0.118. The molecule has 23 heavy (non-hydrogen) atoms. The van der Waals surface area contributed by atoms with Crippen LogP contribution in [0, 0.1) is 0 Å². The molecule has 1 aromatic heterocycles. The molecule has 2 heterocycles. The predicted octanol–water partition coefficient (Wildman–Crippen LogP) is 0.948. The summed E-state index contributed by atoms with van der Waals surface area (Å²) < 4.78 is 0. The van der Waals surface area contributed by atoms with Crippen molar-refractivity contribution in [1.29, 1.82) is 0 Å². The number of carbonyl (C=O) groups excluding carboxylic acids is 1. The summed E-state index contributed by atoms with van der Waals surface area (Å²) in [6, 6.07) is 1.84. The predicted molar refractivity (Wildman–Crippen MR) is 94.5 cm³/mol. The minimum Gasteiger partial charge on any atom is -0.383 e. The smallest absolute Gasteiger partial charge is 0.218 e. The van der Waals surface area contributed by atoms with Crippen molar-refractivity contribution in [2.75, 3.05) is 49.1 Å². The molecule has 0 atom stereocenters. The fraction of sp³-hybridized carbons (Fsp3) is 0.667.